The topological polar surface area (TPSA) is 93.1 Å². The van der Waals surface area contributed by atoms with Crippen molar-refractivity contribution < 1.29 is 9.59 Å². The number of nitrogens with one attached hydrogen (secondary N) is 2. The van der Waals surface area contributed by atoms with Crippen LogP contribution in [0.2, 0.25) is 0 Å². The molecule has 0 aliphatic rings. The van der Waals surface area contributed by atoms with Crippen LogP contribution in [-0.2, 0) is 9.59 Å². The lowest BCUT2D eigenvalue weighted by molar-refractivity contribution is -0.114. The van der Waals surface area contributed by atoms with Crippen LogP contribution in [0, 0.1) is 6.92 Å². The predicted octanol–water partition coefficient (Wildman–Crippen LogP) is 4.44. The lowest BCUT2D eigenvalue weighted by atomic mass is 10.2. The predicted molar refractivity (Wildman–Crippen MR) is 130 cm³/mol. The Labute approximate surface area is 192 Å². The summed E-state index contributed by atoms with van der Waals surface area (Å²) in [6, 6.07) is 16.3. The Morgan fingerprint density at radius 2 is 1.81 bits per heavy atom. The van der Waals surface area contributed by atoms with E-state index in [9.17, 15) is 14.4 Å². The maximum atomic E-state index is 13.2. The molecule has 162 valence electrons. The molecule has 7 nitrogen and oxygen atoms in total. The average Bonchev–Trinajstić information content (AvgIpc) is 3.22. The van der Waals surface area contributed by atoms with Gasteiger partial charge in [-0.1, -0.05) is 36.0 Å². The number of thioether (sulfide) groups is 1. The van der Waals surface area contributed by atoms with E-state index in [0.717, 1.165) is 11.3 Å². The Morgan fingerprint density at radius 3 is 2.56 bits per heavy atom. The Kier molecular flexibility index (Phi) is 6.38. The molecule has 32 heavy (non-hydrogen) atoms. The smallest absolute Gasteiger partial charge is 0.276 e. The molecule has 2 heterocycles. The number of aryl methyl sites for hydroxylation is 1. The van der Waals surface area contributed by atoms with Gasteiger partial charge in [0, 0.05) is 18.3 Å². The molecule has 0 fully saturated rings. The number of nitrogens with zero attached hydrogens (tertiary/aromatic N) is 2. The molecule has 0 aliphatic heterocycles. The minimum Gasteiger partial charge on any atom is -0.326 e. The maximum absolute atomic E-state index is 13.2. The van der Waals surface area contributed by atoms with Crippen molar-refractivity contribution in [1.82, 2.24) is 9.55 Å². The van der Waals surface area contributed by atoms with E-state index in [4.69, 9.17) is 0 Å². The van der Waals surface area contributed by atoms with Crippen molar-refractivity contribution >= 4 is 56.5 Å². The lowest BCUT2D eigenvalue weighted by Crippen LogP contribution is -2.22. The molecular formula is C23H20N4O3S2. The van der Waals surface area contributed by atoms with Gasteiger partial charge in [0.05, 0.1) is 17.0 Å². The number of para-hydroxylation sites is 1. The number of amides is 2. The summed E-state index contributed by atoms with van der Waals surface area (Å²) in [5, 5.41) is 7.80. The average molecular weight is 465 g/mol. The molecule has 2 N–H and O–H groups in total. The SMILES string of the molecule is CC(=O)Nc1cccc(NC(=O)CSc2nc3ccsc3c(=O)n2-c2ccccc2C)c1. The molecule has 2 aromatic heterocycles. The lowest BCUT2D eigenvalue weighted by Gasteiger charge is -2.14. The van der Waals surface area contributed by atoms with Gasteiger partial charge in [-0.3, -0.25) is 19.0 Å². The van der Waals surface area contributed by atoms with Crippen molar-refractivity contribution in [2.45, 2.75) is 19.0 Å². The van der Waals surface area contributed by atoms with Gasteiger partial charge in [0.25, 0.3) is 5.56 Å². The third-order valence-corrected chi connectivity index (χ3v) is 6.43. The summed E-state index contributed by atoms with van der Waals surface area (Å²) in [6.07, 6.45) is 0. The zero-order valence-corrected chi connectivity index (χ0v) is 19.0. The number of fused-ring (bicyclic) bond motifs is 1. The second kappa shape index (κ2) is 9.37. The van der Waals surface area contributed by atoms with Gasteiger partial charge in [0.2, 0.25) is 11.8 Å². The summed E-state index contributed by atoms with van der Waals surface area (Å²) in [7, 11) is 0. The summed E-state index contributed by atoms with van der Waals surface area (Å²) < 4.78 is 2.15. The first-order chi connectivity index (χ1) is 15.4. The number of thiophene rings is 1. The third kappa shape index (κ3) is 4.74. The first-order valence-corrected chi connectivity index (χ1v) is 11.7. The summed E-state index contributed by atoms with van der Waals surface area (Å²) in [5.41, 5.74) is 3.32. The Morgan fingerprint density at radius 1 is 1.06 bits per heavy atom. The van der Waals surface area contributed by atoms with E-state index in [0.29, 0.717) is 26.7 Å². The quantitative estimate of drug-likeness (QED) is 0.325. The zero-order chi connectivity index (χ0) is 22.7. The van der Waals surface area contributed by atoms with Crippen LogP contribution in [0.4, 0.5) is 11.4 Å². The van der Waals surface area contributed by atoms with Crippen LogP contribution in [0.3, 0.4) is 0 Å². The number of benzene rings is 2. The summed E-state index contributed by atoms with van der Waals surface area (Å²) in [4.78, 5) is 41.7. The minimum absolute atomic E-state index is 0.0678. The van der Waals surface area contributed by atoms with Crippen LogP contribution >= 0.6 is 23.1 Å². The minimum atomic E-state index is -0.244. The van der Waals surface area contributed by atoms with Crippen LogP contribution in [0.25, 0.3) is 15.9 Å². The third-order valence-electron chi connectivity index (χ3n) is 4.60. The number of aromatic nitrogens is 2. The van der Waals surface area contributed by atoms with Crippen LogP contribution in [0.5, 0.6) is 0 Å². The number of hydrogen-bond acceptors (Lipinski definition) is 6. The fourth-order valence-corrected chi connectivity index (χ4v) is 4.79. The van der Waals surface area contributed by atoms with Crippen molar-refractivity contribution in [3.63, 3.8) is 0 Å². The van der Waals surface area contributed by atoms with E-state index in [-0.39, 0.29) is 23.1 Å². The summed E-state index contributed by atoms with van der Waals surface area (Å²) in [5.74, 6) is -0.364. The number of carbonyl (C=O) groups is 2. The molecule has 4 rings (SSSR count). The summed E-state index contributed by atoms with van der Waals surface area (Å²) >= 11 is 2.55. The van der Waals surface area contributed by atoms with Crippen LogP contribution in [0.1, 0.15) is 12.5 Å². The molecule has 0 bridgehead atoms. The van der Waals surface area contributed by atoms with Crippen LogP contribution < -0.4 is 16.2 Å². The normalized spacial score (nSPS) is 10.8. The largest absolute Gasteiger partial charge is 0.326 e. The molecule has 2 aromatic carbocycles. The number of anilines is 2. The molecule has 4 aromatic rings. The van der Waals surface area contributed by atoms with Crippen molar-refractivity contribution in [3.8, 4) is 5.69 Å². The molecule has 0 atom stereocenters. The van der Waals surface area contributed by atoms with E-state index in [1.807, 2.05) is 36.6 Å². The Hall–Kier alpha value is -3.43. The van der Waals surface area contributed by atoms with E-state index in [1.54, 1.807) is 34.9 Å². The highest BCUT2D eigenvalue weighted by Crippen LogP contribution is 2.25. The highest BCUT2D eigenvalue weighted by atomic mass is 32.2. The van der Waals surface area contributed by atoms with Gasteiger partial charge in [0.1, 0.15) is 4.70 Å². The van der Waals surface area contributed by atoms with Gasteiger partial charge in [-0.25, -0.2) is 4.98 Å². The molecule has 9 heteroatoms. The molecule has 0 radical (unpaired) electrons. The van der Waals surface area contributed by atoms with E-state index < -0.39 is 0 Å². The van der Waals surface area contributed by atoms with Gasteiger partial charge < -0.3 is 10.6 Å². The highest BCUT2D eigenvalue weighted by Gasteiger charge is 2.17. The summed E-state index contributed by atoms with van der Waals surface area (Å²) in [6.45, 7) is 3.36. The number of carbonyl (C=O) groups excluding carboxylic acids is 2. The standard InChI is InChI=1S/C23H20N4O3S2/c1-14-6-3-4-9-19(14)27-22(30)21-18(10-11-31-21)26-23(27)32-13-20(29)25-17-8-5-7-16(12-17)24-15(2)28/h3-12H,13H2,1-2H3,(H,24,28)(H,25,29). The Bertz CT molecular complexity index is 1380. The highest BCUT2D eigenvalue weighted by molar-refractivity contribution is 7.99. The van der Waals surface area contributed by atoms with Gasteiger partial charge >= 0.3 is 0 Å². The van der Waals surface area contributed by atoms with Crippen molar-refractivity contribution in [1.29, 1.82) is 0 Å². The molecule has 2 amide bonds. The van der Waals surface area contributed by atoms with Crippen molar-refractivity contribution in [2.75, 3.05) is 16.4 Å². The molecular weight excluding hydrogens is 444 g/mol. The van der Waals surface area contributed by atoms with Gasteiger partial charge in [-0.05, 0) is 48.2 Å². The molecule has 0 unspecified atom stereocenters. The number of hydrogen-bond donors (Lipinski definition) is 2. The Balaban J connectivity index is 1.59. The van der Waals surface area contributed by atoms with Gasteiger partial charge in [-0.2, -0.15) is 0 Å². The van der Waals surface area contributed by atoms with Crippen LogP contribution in [-0.4, -0.2) is 27.1 Å². The van der Waals surface area contributed by atoms with Crippen molar-refractivity contribution in [2.24, 2.45) is 0 Å². The molecule has 0 saturated carbocycles. The van der Waals surface area contributed by atoms with Gasteiger partial charge in [-0.15, -0.1) is 11.3 Å². The molecule has 0 aliphatic carbocycles. The maximum Gasteiger partial charge on any atom is 0.276 e. The second-order valence-electron chi connectivity index (χ2n) is 7.06. The second-order valence-corrected chi connectivity index (χ2v) is 8.91. The van der Waals surface area contributed by atoms with E-state index >= 15 is 0 Å². The number of rotatable bonds is 6. The first-order valence-electron chi connectivity index (χ1n) is 9.79. The van der Waals surface area contributed by atoms with E-state index in [2.05, 4.69) is 15.6 Å². The van der Waals surface area contributed by atoms with Crippen LogP contribution in [0.15, 0.2) is 69.9 Å². The fourth-order valence-electron chi connectivity index (χ4n) is 3.22. The zero-order valence-electron chi connectivity index (χ0n) is 17.4. The first kappa shape index (κ1) is 21.8. The van der Waals surface area contributed by atoms with Gasteiger partial charge in [0.15, 0.2) is 5.16 Å². The molecule has 0 saturated heterocycles. The van der Waals surface area contributed by atoms with E-state index in [1.165, 1.54) is 30.0 Å². The molecule has 0 spiro atoms. The monoisotopic (exact) mass is 464 g/mol. The fraction of sp³-hybridized carbons (Fsp3) is 0.130. The van der Waals surface area contributed by atoms with Crippen molar-refractivity contribution in [3.05, 3.63) is 75.9 Å².